The number of thioether (sulfide) groups is 1. The van der Waals surface area contributed by atoms with Crippen LogP contribution in [0.1, 0.15) is 25.2 Å². The molecule has 3 aromatic rings. The van der Waals surface area contributed by atoms with Crippen LogP contribution >= 0.6 is 11.8 Å². The van der Waals surface area contributed by atoms with E-state index in [0.717, 1.165) is 22.7 Å². The Labute approximate surface area is 123 Å². The smallest absolute Gasteiger partial charge is 0.230 e. The van der Waals surface area contributed by atoms with E-state index in [2.05, 4.69) is 22.1 Å². The zero-order chi connectivity index (χ0) is 14.4. The number of benzene rings is 1. The monoisotopic (exact) mass is 286 g/mol. The first-order valence-electron chi connectivity index (χ1n) is 6.68. The molecule has 0 unspecified atom stereocenters. The molecule has 0 radical (unpaired) electrons. The molecule has 1 aromatic carbocycles. The highest BCUT2D eigenvalue weighted by atomic mass is 32.2. The molecule has 0 aliphatic rings. The van der Waals surface area contributed by atoms with Crippen LogP contribution in [0.15, 0.2) is 52.2 Å². The van der Waals surface area contributed by atoms with Crippen LogP contribution in [0.4, 0.5) is 0 Å². The van der Waals surface area contributed by atoms with Gasteiger partial charge < -0.3 is 4.42 Å². The topological polar surface area (TPSA) is 38.9 Å². The van der Waals surface area contributed by atoms with Gasteiger partial charge in [-0.3, -0.25) is 0 Å². The van der Waals surface area contributed by atoms with Gasteiger partial charge >= 0.3 is 0 Å². The van der Waals surface area contributed by atoms with Crippen LogP contribution in [0.2, 0.25) is 0 Å². The lowest BCUT2D eigenvalue weighted by Gasteiger charge is -1.96. The maximum atomic E-state index is 5.75. The summed E-state index contributed by atoms with van der Waals surface area (Å²) in [6, 6.07) is 12.3. The molecular weight excluding hydrogens is 268 g/mol. The third-order valence-electron chi connectivity index (χ3n) is 2.71. The molecule has 3 nitrogen and oxygen atoms in total. The van der Waals surface area contributed by atoms with Gasteiger partial charge in [-0.25, -0.2) is 4.98 Å². The molecule has 0 saturated carbocycles. The number of hydrogen-bond donors (Lipinski definition) is 0. The molecule has 20 heavy (non-hydrogen) atoms. The highest BCUT2D eigenvalue weighted by Crippen LogP contribution is 2.21. The minimum Gasteiger partial charge on any atom is -0.442 e. The van der Waals surface area contributed by atoms with Crippen molar-refractivity contribution in [1.29, 1.82) is 0 Å². The summed E-state index contributed by atoms with van der Waals surface area (Å²) in [4.78, 5) is 8.58. The summed E-state index contributed by atoms with van der Waals surface area (Å²) < 4.78 is 5.75. The van der Waals surface area contributed by atoms with Crippen molar-refractivity contribution >= 4 is 22.9 Å². The number of hydrogen-bond acceptors (Lipinski definition) is 4. The Morgan fingerprint density at radius 3 is 2.60 bits per heavy atom. The van der Waals surface area contributed by atoms with Crippen LogP contribution in [0.25, 0.3) is 11.1 Å². The van der Waals surface area contributed by atoms with Crippen molar-refractivity contribution in [2.45, 2.75) is 25.4 Å². The molecule has 0 atom stereocenters. The lowest BCUT2D eigenvalue weighted by molar-refractivity contribution is 0.548. The van der Waals surface area contributed by atoms with Crippen molar-refractivity contribution in [2.24, 2.45) is 0 Å². The molecule has 0 spiro atoms. The first kappa shape index (κ1) is 14.6. The lowest BCUT2D eigenvalue weighted by atomic mass is 10.1. The summed E-state index contributed by atoms with van der Waals surface area (Å²) in [5, 5.41) is 1.70. The Morgan fingerprint density at radius 1 is 1.15 bits per heavy atom. The second-order valence-corrected chi connectivity index (χ2v) is 4.77. The second-order valence-electron chi connectivity index (χ2n) is 3.99. The van der Waals surface area contributed by atoms with Crippen LogP contribution in [0.3, 0.4) is 0 Å². The van der Waals surface area contributed by atoms with Gasteiger partial charge in [0.1, 0.15) is 5.76 Å². The normalized spacial score (nSPS) is 10.2. The van der Waals surface area contributed by atoms with E-state index in [1.807, 2.05) is 50.6 Å². The molecule has 2 aromatic heterocycles. The Morgan fingerprint density at radius 2 is 1.90 bits per heavy atom. The molecule has 0 N–H and O–H groups in total. The predicted molar refractivity (Wildman–Crippen MR) is 84.2 cm³/mol. The van der Waals surface area contributed by atoms with Crippen LogP contribution in [-0.2, 0) is 6.42 Å². The van der Waals surface area contributed by atoms with E-state index >= 15 is 0 Å². The average molecular weight is 286 g/mol. The number of aromatic nitrogens is 2. The lowest BCUT2D eigenvalue weighted by Crippen LogP contribution is -1.83. The Balaban J connectivity index is 0.000000704. The second kappa shape index (κ2) is 7.10. The van der Waals surface area contributed by atoms with Crippen LogP contribution in [-0.4, -0.2) is 16.2 Å². The standard InChI is InChI=1S/C14H12N2OS.C2H6/c1-18-14-15-9-11-8-12(17-13(11)16-14)7-10-5-3-2-4-6-10;1-2/h2-6,8-9H,7H2,1H3;1-2H3. The van der Waals surface area contributed by atoms with Gasteiger partial charge in [-0.15, -0.1) is 0 Å². The molecule has 2 heterocycles. The van der Waals surface area contributed by atoms with Gasteiger partial charge in [0.2, 0.25) is 5.71 Å². The molecule has 0 aliphatic carbocycles. The van der Waals surface area contributed by atoms with Crippen LogP contribution in [0, 0.1) is 0 Å². The summed E-state index contributed by atoms with van der Waals surface area (Å²) in [6.07, 6.45) is 4.55. The minimum atomic E-state index is 0.667. The largest absolute Gasteiger partial charge is 0.442 e. The van der Waals surface area contributed by atoms with Crippen LogP contribution < -0.4 is 0 Å². The Kier molecular flexibility index (Phi) is 5.18. The van der Waals surface area contributed by atoms with Crippen molar-refractivity contribution in [3.63, 3.8) is 0 Å². The minimum absolute atomic E-state index is 0.667. The number of furan rings is 1. The van der Waals surface area contributed by atoms with E-state index in [9.17, 15) is 0 Å². The fourth-order valence-corrected chi connectivity index (χ4v) is 2.18. The molecule has 4 heteroatoms. The van der Waals surface area contributed by atoms with E-state index in [1.54, 1.807) is 0 Å². The van der Waals surface area contributed by atoms with Gasteiger partial charge in [-0.05, 0) is 17.9 Å². The molecule has 3 rings (SSSR count). The van der Waals surface area contributed by atoms with Gasteiger partial charge in [0, 0.05) is 12.6 Å². The first-order valence-corrected chi connectivity index (χ1v) is 7.91. The van der Waals surface area contributed by atoms with Crippen molar-refractivity contribution in [3.8, 4) is 0 Å². The van der Waals surface area contributed by atoms with Crippen molar-refractivity contribution in [2.75, 3.05) is 6.26 Å². The summed E-state index contributed by atoms with van der Waals surface area (Å²) in [7, 11) is 0. The van der Waals surface area contributed by atoms with Crippen LogP contribution in [0.5, 0.6) is 0 Å². The van der Waals surface area contributed by atoms with E-state index in [-0.39, 0.29) is 0 Å². The third kappa shape index (κ3) is 3.39. The third-order valence-corrected chi connectivity index (χ3v) is 3.27. The number of nitrogens with zero attached hydrogens (tertiary/aromatic N) is 2. The Bertz CT molecular complexity index is 665. The fraction of sp³-hybridized carbons (Fsp3) is 0.250. The highest BCUT2D eigenvalue weighted by Gasteiger charge is 2.07. The number of rotatable bonds is 3. The summed E-state index contributed by atoms with van der Waals surface area (Å²) in [6.45, 7) is 4.00. The van der Waals surface area contributed by atoms with Crippen molar-refractivity contribution in [3.05, 3.63) is 53.9 Å². The van der Waals surface area contributed by atoms with E-state index in [4.69, 9.17) is 4.42 Å². The van der Waals surface area contributed by atoms with Gasteiger partial charge in [0.05, 0.1) is 5.39 Å². The zero-order valence-corrected chi connectivity index (χ0v) is 12.8. The summed E-state index contributed by atoms with van der Waals surface area (Å²) in [5.41, 5.74) is 1.90. The fourth-order valence-electron chi connectivity index (χ4n) is 1.85. The molecule has 0 fully saturated rings. The zero-order valence-electron chi connectivity index (χ0n) is 12.0. The van der Waals surface area contributed by atoms with E-state index < -0.39 is 0 Å². The van der Waals surface area contributed by atoms with E-state index in [0.29, 0.717) is 5.71 Å². The highest BCUT2D eigenvalue weighted by molar-refractivity contribution is 7.98. The molecule has 0 amide bonds. The average Bonchev–Trinajstić information content (AvgIpc) is 2.91. The first-order chi connectivity index (χ1) is 9.85. The van der Waals surface area contributed by atoms with Gasteiger partial charge in [0.25, 0.3) is 0 Å². The quantitative estimate of drug-likeness (QED) is 0.522. The predicted octanol–water partition coefficient (Wildman–Crippen LogP) is 4.56. The molecule has 104 valence electrons. The van der Waals surface area contributed by atoms with Crippen molar-refractivity contribution < 1.29 is 4.42 Å². The van der Waals surface area contributed by atoms with Crippen molar-refractivity contribution in [1.82, 2.24) is 9.97 Å². The molecular formula is C16H18N2OS. The summed E-state index contributed by atoms with van der Waals surface area (Å²) >= 11 is 1.51. The maximum Gasteiger partial charge on any atom is 0.230 e. The molecule has 0 saturated heterocycles. The molecule has 0 aliphatic heterocycles. The maximum absolute atomic E-state index is 5.75. The molecule has 0 bridgehead atoms. The van der Waals surface area contributed by atoms with Gasteiger partial charge in [0.15, 0.2) is 5.16 Å². The van der Waals surface area contributed by atoms with Gasteiger partial charge in [-0.1, -0.05) is 55.9 Å². The number of fused-ring (bicyclic) bond motifs is 1. The Hall–Kier alpha value is -1.81. The SMILES string of the molecule is CC.CSc1ncc2cc(Cc3ccccc3)oc2n1. The van der Waals surface area contributed by atoms with Gasteiger partial charge in [-0.2, -0.15) is 4.98 Å². The summed E-state index contributed by atoms with van der Waals surface area (Å²) in [5.74, 6) is 0.920. The van der Waals surface area contributed by atoms with E-state index in [1.165, 1.54) is 17.3 Å².